The van der Waals surface area contributed by atoms with Crippen molar-refractivity contribution in [1.82, 2.24) is 19.5 Å². The SMILES string of the molecule is CC(NC(=O)C(=O)N1CC2NS(=O)c3c(c(C(=O)Nc4ccc(F)c(F)c4)n(C)c3Cl)OC[C@@H]2C1)C(F)(F)F. The molecule has 3 heterocycles. The van der Waals surface area contributed by atoms with E-state index in [9.17, 15) is 40.5 Å². The van der Waals surface area contributed by atoms with E-state index in [1.807, 2.05) is 0 Å². The number of carbonyl (C=O) groups excluding carboxylic acids is 3. The summed E-state index contributed by atoms with van der Waals surface area (Å²) in [5.41, 5.74) is -0.252. The Morgan fingerprint density at radius 3 is 2.54 bits per heavy atom. The first-order valence-electron chi connectivity index (χ1n) is 11.3. The zero-order valence-corrected chi connectivity index (χ0v) is 21.8. The monoisotopic (exact) mass is 597 g/mol. The van der Waals surface area contributed by atoms with Crippen LogP contribution < -0.4 is 20.1 Å². The Balaban J connectivity index is 1.53. The Morgan fingerprint density at radius 2 is 1.90 bits per heavy atom. The van der Waals surface area contributed by atoms with Crippen LogP contribution in [0.25, 0.3) is 0 Å². The summed E-state index contributed by atoms with van der Waals surface area (Å²) in [5, 5.41) is 3.86. The highest BCUT2D eigenvalue weighted by Crippen LogP contribution is 2.39. The lowest BCUT2D eigenvalue weighted by atomic mass is 10.1. The van der Waals surface area contributed by atoms with E-state index in [1.165, 1.54) is 11.6 Å². The minimum atomic E-state index is -4.74. The van der Waals surface area contributed by atoms with Crippen LogP contribution in [-0.4, -0.2) is 69.4 Å². The number of rotatable bonds is 3. The van der Waals surface area contributed by atoms with Gasteiger partial charge in [-0.3, -0.25) is 14.4 Å². The minimum absolute atomic E-state index is 0.0711. The number of nitrogens with zero attached hydrogens (tertiary/aromatic N) is 2. The second-order valence-corrected chi connectivity index (χ2v) is 10.5. The van der Waals surface area contributed by atoms with Gasteiger partial charge in [-0.15, -0.1) is 0 Å². The zero-order chi connectivity index (χ0) is 28.8. The summed E-state index contributed by atoms with van der Waals surface area (Å²) in [6.07, 6.45) is -4.74. The van der Waals surface area contributed by atoms with Crippen LogP contribution in [0.15, 0.2) is 23.1 Å². The molecule has 2 aliphatic heterocycles. The van der Waals surface area contributed by atoms with E-state index < -0.39 is 64.5 Å². The van der Waals surface area contributed by atoms with Crippen molar-refractivity contribution < 1.29 is 45.3 Å². The van der Waals surface area contributed by atoms with Crippen LogP contribution in [0.2, 0.25) is 5.15 Å². The summed E-state index contributed by atoms with van der Waals surface area (Å²) in [6.45, 7) is 0.268. The fourth-order valence-corrected chi connectivity index (χ4v) is 5.78. The third kappa shape index (κ3) is 5.72. The van der Waals surface area contributed by atoms with Crippen molar-refractivity contribution in [1.29, 1.82) is 0 Å². The van der Waals surface area contributed by atoms with Gasteiger partial charge in [0.15, 0.2) is 23.1 Å². The first kappa shape index (κ1) is 28.8. The van der Waals surface area contributed by atoms with Crippen LogP contribution in [0, 0.1) is 17.6 Å². The molecule has 2 aromatic rings. The first-order chi connectivity index (χ1) is 18.2. The van der Waals surface area contributed by atoms with Crippen LogP contribution in [0.4, 0.5) is 27.6 Å². The van der Waals surface area contributed by atoms with E-state index in [2.05, 4.69) is 10.0 Å². The van der Waals surface area contributed by atoms with E-state index in [0.29, 0.717) is 6.92 Å². The molecule has 0 radical (unpaired) electrons. The molecule has 3 unspecified atom stereocenters. The molecule has 10 nitrogen and oxygen atoms in total. The van der Waals surface area contributed by atoms with Gasteiger partial charge >= 0.3 is 18.0 Å². The number of nitrogens with one attached hydrogen (secondary N) is 3. The number of hydrogen-bond acceptors (Lipinski definition) is 5. The van der Waals surface area contributed by atoms with Crippen LogP contribution in [0.3, 0.4) is 0 Å². The molecule has 1 fully saturated rings. The molecule has 17 heteroatoms. The normalized spacial score (nSPS) is 21.6. The predicted octanol–water partition coefficient (Wildman–Crippen LogP) is 2.11. The molecule has 0 aliphatic carbocycles. The number of anilines is 1. The Hall–Kier alpha value is -3.24. The number of ether oxygens (including phenoxy) is 1. The highest BCUT2D eigenvalue weighted by atomic mass is 35.5. The summed E-state index contributed by atoms with van der Waals surface area (Å²) in [4.78, 5) is 38.6. The van der Waals surface area contributed by atoms with Crippen molar-refractivity contribution in [3.05, 3.63) is 40.7 Å². The third-order valence-electron chi connectivity index (χ3n) is 6.28. The molecule has 3 N–H and O–H groups in total. The molecule has 1 aromatic carbocycles. The lowest BCUT2D eigenvalue weighted by molar-refractivity contribution is -0.162. The Morgan fingerprint density at radius 1 is 1.21 bits per heavy atom. The van der Waals surface area contributed by atoms with Crippen molar-refractivity contribution in [2.24, 2.45) is 13.0 Å². The Bertz CT molecular complexity index is 1370. The quantitative estimate of drug-likeness (QED) is 0.370. The van der Waals surface area contributed by atoms with Gasteiger partial charge in [-0.25, -0.2) is 17.7 Å². The van der Waals surface area contributed by atoms with E-state index in [0.717, 1.165) is 23.1 Å². The average molecular weight is 598 g/mol. The number of hydrogen-bond donors (Lipinski definition) is 3. The van der Waals surface area contributed by atoms with Crippen LogP contribution in [0.5, 0.6) is 5.75 Å². The van der Waals surface area contributed by atoms with E-state index >= 15 is 0 Å². The van der Waals surface area contributed by atoms with Crippen molar-refractivity contribution in [2.75, 3.05) is 25.0 Å². The summed E-state index contributed by atoms with van der Waals surface area (Å²) in [7, 11) is -0.691. The lowest BCUT2D eigenvalue weighted by Crippen LogP contribution is -2.50. The van der Waals surface area contributed by atoms with Gasteiger partial charge in [0, 0.05) is 43.9 Å². The predicted molar refractivity (Wildman–Crippen MR) is 127 cm³/mol. The number of carbonyl (C=O) groups is 3. The molecule has 0 saturated carbocycles. The average Bonchev–Trinajstić information content (AvgIpc) is 3.35. The van der Waals surface area contributed by atoms with E-state index in [-0.39, 0.29) is 46.9 Å². The molecule has 3 amide bonds. The molecule has 212 valence electrons. The van der Waals surface area contributed by atoms with Crippen molar-refractivity contribution in [3.63, 3.8) is 0 Å². The molecule has 1 aromatic heterocycles. The first-order valence-corrected chi connectivity index (χ1v) is 12.8. The van der Waals surface area contributed by atoms with Gasteiger partial charge in [-0.05, 0) is 19.1 Å². The van der Waals surface area contributed by atoms with Crippen molar-refractivity contribution in [3.8, 4) is 5.75 Å². The molecule has 2 aliphatic rings. The fraction of sp³-hybridized carbons (Fsp3) is 0.409. The number of halogens is 6. The summed E-state index contributed by atoms with van der Waals surface area (Å²) in [6, 6.07) is -0.215. The van der Waals surface area contributed by atoms with E-state index in [4.69, 9.17) is 16.3 Å². The molecule has 0 spiro atoms. The number of aromatic nitrogens is 1. The maximum absolute atomic E-state index is 13.6. The number of alkyl halides is 3. The van der Waals surface area contributed by atoms with E-state index in [1.54, 1.807) is 5.32 Å². The second kappa shape index (κ2) is 10.7. The molecular formula is C22H21ClF5N5O5S. The van der Waals surface area contributed by atoms with Gasteiger partial charge in [0.25, 0.3) is 5.91 Å². The van der Waals surface area contributed by atoms with Gasteiger partial charge < -0.3 is 24.8 Å². The largest absolute Gasteiger partial charge is 0.489 e. The number of benzene rings is 1. The lowest BCUT2D eigenvalue weighted by Gasteiger charge is -2.23. The molecule has 0 bridgehead atoms. The number of likely N-dealkylation sites (tertiary alicyclic amines) is 1. The third-order valence-corrected chi connectivity index (χ3v) is 8.10. The van der Waals surface area contributed by atoms with Crippen LogP contribution in [-0.2, 0) is 27.6 Å². The molecule has 4 rings (SSSR count). The number of fused-ring (bicyclic) bond motifs is 2. The van der Waals surface area contributed by atoms with Gasteiger partial charge in [-0.2, -0.15) is 13.2 Å². The summed E-state index contributed by atoms with van der Waals surface area (Å²) < 4.78 is 88.1. The zero-order valence-electron chi connectivity index (χ0n) is 20.2. The molecule has 1 saturated heterocycles. The Kier molecular flexibility index (Phi) is 7.91. The standard InChI is InChI=1S/C22H21ClF5N5O5S/c1-9(22(26,27)28)29-20(35)21(36)33-6-10-8-38-16-15(19(34)30-11-3-4-12(24)13(25)5-11)32(2)18(23)17(16)39(37)31-14(10)7-33/h3-5,9-10,14,31H,6-8H2,1-2H3,(H,29,35)(H,30,34)/t9?,10-,14?,39?/m0/s1. The number of amides is 3. The maximum Gasteiger partial charge on any atom is 0.408 e. The van der Waals surface area contributed by atoms with Crippen LogP contribution in [0.1, 0.15) is 17.4 Å². The fourth-order valence-electron chi connectivity index (χ4n) is 4.13. The van der Waals surface area contributed by atoms with Crippen LogP contribution >= 0.6 is 11.6 Å². The smallest absolute Gasteiger partial charge is 0.408 e. The Labute approximate surface area is 225 Å². The molecule has 39 heavy (non-hydrogen) atoms. The van der Waals surface area contributed by atoms with Gasteiger partial charge in [0.2, 0.25) is 0 Å². The summed E-state index contributed by atoms with van der Waals surface area (Å²) in [5.74, 6) is -6.51. The van der Waals surface area contributed by atoms with Gasteiger partial charge in [-0.1, -0.05) is 11.6 Å². The molecular weight excluding hydrogens is 577 g/mol. The van der Waals surface area contributed by atoms with Crippen molar-refractivity contribution in [2.45, 2.75) is 30.1 Å². The summed E-state index contributed by atoms with van der Waals surface area (Å²) >= 11 is 6.35. The topological polar surface area (TPSA) is 122 Å². The van der Waals surface area contributed by atoms with Crippen molar-refractivity contribution >= 4 is 46.0 Å². The second-order valence-electron chi connectivity index (χ2n) is 8.95. The van der Waals surface area contributed by atoms with Gasteiger partial charge in [0.1, 0.15) is 27.1 Å². The highest BCUT2D eigenvalue weighted by molar-refractivity contribution is 7.83. The molecule has 4 atom stereocenters. The maximum atomic E-state index is 13.6. The highest BCUT2D eigenvalue weighted by Gasteiger charge is 2.44. The van der Waals surface area contributed by atoms with Gasteiger partial charge in [0.05, 0.1) is 6.61 Å². The minimum Gasteiger partial charge on any atom is -0.489 e.